The molecule has 0 aliphatic carbocycles. The summed E-state index contributed by atoms with van der Waals surface area (Å²) in [5, 5.41) is 0. The van der Waals surface area contributed by atoms with Gasteiger partial charge in [-0.15, -0.1) is 0 Å². The van der Waals surface area contributed by atoms with Gasteiger partial charge in [0.15, 0.2) is 0 Å². The van der Waals surface area contributed by atoms with Crippen LogP contribution in [0, 0.1) is 0 Å². The second-order valence-corrected chi connectivity index (χ2v) is 0. The van der Waals surface area contributed by atoms with E-state index in [2.05, 4.69) is 0 Å². The van der Waals surface area contributed by atoms with Crippen LogP contribution in [0.1, 0.15) is 0 Å². The van der Waals surface area contributed by atoms with Crippen molar-refractivity contribution < 1.29 is 28.2 Å². The van der Waals surface area contributed by atoms with E-state index in [9.17, 15) is 0 Å². The quantitative estimate of drug-likeness (QED) is 0.244. The molecule has 0 saturated carbocycles. The Morgan fingerprint density at radius 1 is 0.222 bits per heavy atom. The Balaban J connectivity index is 0. The molecule has 48 valence electrons. The molecule has 0 saturated heterocycles. The number of rotatable bonds is 0. The van der Waals surface area contributed by atoms with Crippen molar-refractivity contribution in [2.75, 3.05) is 0 Å². The molecule has 0 radical (unpaired) electrons. The molecule has 0 bridgehead atoms. The normalized spacial score (nSPS) is 0. The van der Waals surface area contributed by atoms with Crippen LogP contribution >= 0.6 is 0 Å². The first-order valence-corrected chi connectivity index (χ1v) is 0. The maximum atomic E-state index is 0. The van der Waals surface area contributed by atoms with Crippen molar-refractivity contribution in [1.82, 2.24) is 0 Å². The van der Waals surface area contributed by atoms with Crippen molar-refractivity contribution in [2.45, 2.75) is 0 Å². The second kappa shape index (κ2) is 206. The van der Waals surface area contributed by atoms with E-state index in [0.717, 1.165) is 0 Å². The van der Waals surface area contributed by atoms with E-state index in [0.29, 0.717) is 0 Å². The van der Waals surface area contributed by atoms with Gasteiger partial charge in [-0.2, -0.15) is 0 Å². The van der Waals surface area contributed by atoms with Gasteiger partial charge in [-0.1, -0.05) is 0 Å². The van der Waals surface area contributed by atoms with Gasteiger partial charge in [-0.05, 0) is 0 Å². The Morgan fingerprint density at radius 2 is 0.222 bits per heavy atom. The van der Waals surface area contributed by atoms with Crippen LogP contribution in [0.4, 0.5) is 0 Å². The van der Waals surface area contributed by atoms with Crippen molar-refractivity contribution in [3.63, 3.8) is 0 Å². The molecule has 0 unspecified atom stereocenters. The first-order chi connectivity index (χ1) is 0. The Labute approximate surface area is 99.0 Å². The molecular formula is F6Sn3+6. The van der Waals surface area contributed by atoms with Gasteiger partial charge in [0, 0.05) is 0 Å². The molecule has 0 aliphatic rings. The predicted molar refractivity (Wildman–Crippen MR) is 17.3 cm³/mol. The fourth-order valence-corrected chi connectivity index (χ4v) is 0. The fraction of sp³-hybridized carbons (Fsp3) is 0. The largest absolute Gasteiger partial charge is 4.00 e. The van der Waals surface area contributed by atoms with Crippen molar-refractivity contribution >= 4 is 71.7 Å². The summed E-state index contributed by atoms with van der Waals surface area (Å²) in [4.78, 5) is 0. The van der Waals surface area contributed by atoms with Gasteiger partial charge in [0.25, 0.3) is 0 Å². The van der Waals surface area contributed by atoms with Crippen molar-refractivity contribution in [2.24, 2.45) is 0 Å². The summed E-state index contributed by atoms with van der Waals surface area (Å²) in [5.41, 5.74) is 0. The molecule has 0 aromatic carbocycles. The number of hydrogen-bond acceptors (Lipinski definition) is 0. The summed E-state index contributed by atoms with van der Waals surface area (Å²) in [6.45, 7) is 0. The maximum Gasteiger partial charge on any atom is 4.00 e. The number of halogens is 6. The van der Waals surface area contributed by atoms with Crippen molar-refractivity contribution in [1.29, 1.82) is 0 Å². The summed E-state index contributed by atoms with van der Waals surface area (Å²) in [7, 11) is 0. The molecule has 9 heavy (non-hydrogen) atoms. The second-order valence-electron chi connectivity index (χ2n) is 0. The van der Waals surface area contributed by atoms with Gasteiger partial charge < -0.3 is 28.2 Å². The molecule has 0 aromatic rings. The Morgan fingerprint density at radius 3 is 0.222 bits per heavy atom. The SMILES string of the molecule is [F-].[F-].[F-].[F-].[F-].[F-].[Sn+4].[Sn+4].[Sn+4]. The topological polar surface area (TPSA) is 0 Å². The smallest absolute Gasteiger partial charge is 1.00 e. The van der Waals surface area contributed by atoms with E-state index in [4.69, 9.17) is 0 Å². The van der Waals surface area contributed by atoms with Gasteiger partial charge in [-0.3, -0.25) is 0 Å². The first kappa shape index (κ1) is 280. The van der Waals surface area contributed by atoms with E-state index in [1.165, 1.54) is 0 Å². The third kappa shape index (κ3) is 163. The van der Waals surface area contributed by atoms with Crippen LogP contribution in [0.3, 0.4) is 0 Å². The van der Waals surface area contributed by atoms with Crippen LogP contribution in [-0.4, -0.2) is 71.7 Å². The fourth-order valence-electron chi connectivity index (χ4n) is 0. The van der Waals surface area contributed by atoms with Crippen LogP contribution in [0.5, 0.6) is 0 Å². The van der Waals surface area contributed by atoms with Gasteiger partial charge in [0.2, 0.25) is 0 Å². The molecule has 0 amide bonds. The standard InChI is InChI=1S/6FH.3Sn/h6*1H;;;/q;;;;;;3*+4/p-6. The Bertz CT molecular complexity index is 8.26. The third-order valence-electron chi connectivity index (χ3n) is 0. The molecule has 0 aromatic heterocycles. The molecule has 0 aliphatic heterocycles. The minimum absolute atomic E-state index is 0. The van der Waals surface area contributed by atoms with Crippen LogP contribution in [0.25, 0.3) is 0 Å². The predicted octanol–water partition coefficient (Wildman–Crippen LogP) is -19.1. The van der Waals surface area contributed by atoms with Crippen LogP contribution in [0.2, 0.25) is 0 Å². The van der Waals surface area contributed by atoms with Crippen LogP contribution in [0.15, 0.2) is 0 Å². The van der Waals surface area contributed by atoms with E-state index in [1.54, 1.807) is 0 Å². The number of hydrogen-bond donors (Lipinski definition) is 0. The first-order valence-electron chi connectivity index (χ1n) is 0. The van der Waals surface area contributed by atoms with Crippen molar-refractivity contribution in [3.8, 4) is 0 Å². The minimum atomic E-state index is 0. The van der Waals surface area contributed by atoms with E-state index in [1.807, 2.05) is 0 Å². The molecule has 0 fully saturated rings. The van der Waals surface area contributed by atoms with Crippen LogP contribution in [-0.2, 0) is 0 Å². The third-order valence-corrected chi connectivity index (χ3v) is 0. The van der Waals surface area contributed by atoms with Gasteiger partial charge in [0.05, 0.1) is 0 Å². The summed E-state index contributed by atoms with van der Waals surface area (Å²) in [5.74, 6) is 0. The minimum Gasteiger partial charge on any atom is -1.00 e. The molecule has 9 heteroatoms. The average Bonchev–Trinajstić information content (AvgIpc) is 0. The van der Waals surface area contributed by atoms with Gasteiger partial charge in [-0.25, -0.2) is 0 Å². The monoisotopic (exact) mass is 474 g/mol. The molecule has 0 N–H and O–H groups in total. The van der Waals surface area contributed by atoms with E-state index < -0.39 is 0 Å². The molecule has 0 rings (SSSR count). The molecule has 0 nitrogen and oxygen atoms in total. The van der Waals surface area contributed by atoms with Crippen LogP contribution < -0.4 is 28.2 Å². The van der Waals surface area contributed by atoms with Crippen molar-refractivity contribution in [3.05, 3.63) is 0 Å². The summed E-state index contributed by atoms with van der Waals surface area (Å²) >= 11 is 0. The zero-order chi connectivity index (χ0) is 0. The summed E-state index contributed by atoms with van der Waals surface area (Å²) < 4.78 is 0. The molecule has 0 heterocycles. The zero-order valence-electron chi connectivity index (χ0n) is 3.77. The molecule has 0 atom stereocenters. The van der Waals surface area contributed by atoms with Gasteiger partial charge >= 0.3 is 71.7 Å². The molecular weight excluding hydrogens is 470 g/mol. The average molecular weight is 470 g/mol. The van der Waals surface area contributed by atoms with E-state index in [-0.39, 0.29) is 99.9 Å². The van der Waals surface area contributed by atoms with E-state index >= 15 is 0 Å². The Hall–Kier alpha value is 1.98. The summed E-state index contributed by atoms with van der Waals surface area (Å²) in [6.07, 6.45) is 0. The molecule has 0 spiro atoms. The maximum absolute atomic E-state index is 0. The summed E-state index contributed by atoms with van der Waals surface area (Å²) in [6, 6.07) is 0. The van der Waals surface area contributed by atoms with Gasteiger partial charge in [0.1, 0.15) is 0 Å². The Kier molecular flexibility index (Phi) is 6400. The zero-order valence-corrected chi connectivity index (χ0v) is 12.3.